The molecule has 0 bridgehead atoms. The maximum atomic E-state index is 4.26. The van der Waals surface area contributed by atoms with Crippen molar-refractivity contribution in [2.45, 2.75) is 13.8 Å². The van der Waals surface area contributed by atoms with Gasteiger partial charge < -0.3 is 0 Å². The van der Waals surface area contributed by atoms with Crippen LogP contribution in [-0.2, 0) is 0 Å². The molecule has 0 aliphatic rings. The van der Waals surface area contributed by atoms with Crippen LogP contribution in [-0.4, -0.2) is 0 Å². The van der Waals surface area contributed by atoms with Crippen molar-refractivity contribution in [2.24, 2.45) is 10.2 Å². The molecule has 0 aliphatic heterocycles. The molecule has 0 atom stereocenters. The molecule has 0 radical (unpaired) electrons. The molecule has 16 heavy (non-hydrogen) atoms. The Morgan fingerprint density at radius 2 is 1.00 bits per heavy atom. The molecule has 2 heteroatoms. The number of rotatable bonds is 2. The van der Waals surface area contributed by atoms with Crippen LogP contribution in [0.2, 0.25) is 0 Å². The fourth-order valence-corrected chi connectivity index (χ4v) is 1.46. The lowest BCUT2D eigenvalue weighted by Crippen LogP contribution is -1.73. The van der Waals surface area contributed by atoms with E-state index in [0.717, 1.165) is 22.5 Å². The van der Waals surface area contributed by atoms with Gasteiger partial charge >= 0.3 is 0 Å². The first-order valence-electron chi connectivity index (χ1n) is 5.30. The highest BCUT2D eigenvalue weighted by Gasteiger charge is 1.96. The van der Waals surface area contributed by atoms with Crippen LogP contribution >= 0.6 is 0 Å². The molecule has 0 spiro atoms. The maximum absolute atomic E-state index is 4.26. The second kappa shape index (κ2) is 4.71. The lowest BCUT2D eigenvalue weighted by Gasteiger charge is -1.99. The van der Waals surface area contributed by atoms with E-state index < -0.39 is 0 Å². The summed E-state index contributed by atoms with van der Waals surface area (Å²) in [6.45, 7) is 4.07. The summed E-state index contributed by atoms with van der Waals surface area (Å²) in [6.07, 6.45) is 0. The summed E-state index contributed by atoms with van der Waals surface area (Å²) >= 11 is 0. The van der Waals surface area contributed by atoms with E-state index in [9.17, 15) is 0 Å². The molecule has 0 saturated heterocycles. The van der Waals surface area contributed by atoms with Gasteiger partial charge in [0.25, 0.3) is 0 Å². The molecule has 0 aromatic heterocycles. The number of nitrogens with zero attached hydrogens (tertiary/aromatic N) is 2. The molecule has 2 rings (SSSR count). The Morgan fingerprint density at radius 3 is 1.38 bits per heavy atom. The number of azo groups is 1. The Morgan fingerprint density at radius 1 is 0.625 bits per heavy atom. The molecule has 0 fully saturated rings. The van der Waals surface area contributed by atoms with Crippen LogP contribution in [0.4, 0.5) is 11.4 Å². The topological polar surface area (TPSA) is 24.7 Å². The summed E-state index contributed by atoms with van der Waals surface area (Å²) in [6, 6.07) is 16.0. The Balaban J connectivity index is 2.29. The van der Waals surface area contributed by atoms with Gasteiger partial charge in [-0.3, -0.25) is 0 Å². The summed E-state index contributed by atoms with van der Waals surface area (Å²) in [4.78, 5) is 0. The quantitative estimate of drug-likeness (QED) is 0.641. The number of hydrogen-bond acceptors (Lipinski definition) is 2. The molecule has 0 N–H and O–H groups in total. The van der Waals surface area contributed by atoms with Crippen molar-refractivity contribution in [3.05, 3.63) is 59.7 Å². The smallest absolute Gasteiger partial charge is 0.0886 e. The van der Waals surface area contributed by atoms with Gasteiger partial charge in [-0.05, 0) is 37.1 Å². The van der Waals surface area contributed by atoms with Crippen molar-refractivity contribution in [1.29, 1.82) is 0 Å². The summed E-state index contributed by atoms with van der Waals surface area (Å²) in [5.41, 5.74) is 4.12. The average Bonchev–Trinajstić information content (AvgIpc) is 2.30. The zero-order valence-corrected chi connectivity index (χ0v) is 9.51. The minimum atomic E-state index is 0.922. The van der Waals surface area contributed by atoms with E-state index in [4.69, 9.17) is 0 Å². The van der Waals surface area contributed by atoms with Gasteiger partial charge in [0, 0.05) is 0 Å². The number of aryl methyl sites for hydroxylation is 2. The zero-order valence-electron chi connectivity index (χ0n) is 9.51. The highest BCUT2D eigenvalue weighted by Crippen LogP contribution is 2.23. The van der Waals surface area contributed by atoms with E-state index in [1.807, 2.05) is 62.4 Å². The van der Waals surface area contributed by atoms with Crippen LogP contribution in [0.5, 0.6) is 0 Å². The highest BCUT2D eigenvalue weighted by atomic mass is 15.1. The first-order chi connectivity index (χ1) is 7.77. The zero-order chi connectivity index (χ0) is 11.4. The van der Waals surface area contributed by atoms with Crippen LogP contribution in [0.3, 0.4) is 0 Å². The highest BCUT2D eigenvalue weighted by molar-refractivity contribution is 5.47. The van der Waals surface area contributed by atoms with E-state index in [0.29, 0.717) is 0 Å². The predicted octanol–water partition coefficient (Wildman–Crippen LogP) is 4.72. The van der Waals surface area contributed by atoms with E-state index in [2.05, 4.69) is 10.2 Å². The van der Waals surface area contributed by atoms with Crippen LogP contribution in [0.1, 0.15) is 11.1 Å². The fourth-order valence-electron chi connectivity index (χ4n) is 1.46. The second-order valence-corrected chi connectivity index (χ2v) is 3.77. The fraction of sp³-hybridized carbons (Fsp3) is 0.143. The van der Waals surface area contributed by atoms with Gasteiger partial charge in [0.2, 0.25) is 0 Å². The summed E-state index contributed by atoms with van der Waals surface area (Å²) < 4.78 is 0. The largest absolute Gasteiger partial charge is 0.150 e. The Kier molecular flexibility index (Phi) is 3.10. The standard InChI is InChI=1S/C14H14N2/c1-11-7-3-5-9-13(11)15-16-14-10-6-4-8-12(14)2/h3-10H,1-2H3. The Bertz CT molecular complexity index is 468. The van der Waals surface area contributed by atoms with Gasteiger partial charge in [-0.1, -0.05) is 36.4 Å². The van der Waals surface area contributed by atoms with Crippen LogP contribution < -0.4 is 0 Å². The van der Waals surface area contributed by atoms with Crippen molar-refractivity contribution in [2.75, 3.05) is 0 Å². The van der Waals surface area contributed by atoms with Crippen molar-refractivity contribution < 1.29 is 0 Å². The van der Waals surface area contributed by atoms with Crippen molar-refractivity contribution >= 4 is 11.4 Å². The molecule has 0 saturated carbocycles. The first kappa shape index (κ1) is 10.6. The lowest BCUT2D eigenvalue weighted by atomic mass is 10.2. The van der Waals surface area contributed by atoms with Gasteiger partial charge in [-0.2, -0.15) is 10.2 Å². The third-order valence-corrected chi connectivity index (χ3v) is 2.50. The van der Waals surface area contributed by atoms with Crippen LogP contribution in [0, 0.1) is 13.8 Å². The molecule has 0 amide bonds. The molecule has 0 unspecified atom stereocenters. The van der Waals surface area contributed by atoms with E-state index in [-0.39, 0.29) is 0 Å². The van der Waals surface area contributed by atoms with Crippen LogP contribution in [0.25, 0.3) is 0 Å². The Labute approximate surface area is 95.7 Å². The van der Waals surface area contributed by atoms with Gasteiger partial charge in [0.05, 0.1) is 11.4 Å². The lowest BCUT2D eigenvalue weighted by molar-refractivity contribution is 1.19. The molecule has 0 aliphatic carbocycles. The summed E-state index contributed by atoms with van der Waals surface area (Å²) in [5, 5.41) is 8.52. The minimum Gasteiger partial charge on any atom is -0.150 e. The summed E-state index contributed by atoms with van der Waals surface area (Å²) in [5.74, 6) is 0. The van der Waals surface area contributed by atoms with E-state index >= 15 is 0 Å². The van der Waals surface area contributed by atoms with Crippen LogP contribution in [0.15, 0.2) is 58.8 Å². The van der Waals surface area contributed by atoms with E-state index in [1.54, 1.807) is 0 Å². The van der Waals surface area contributed by atoms with Crippen molar-refractivity contribution in [1.82, 2.24) is 0 Å². The maximum Gasteiger partial charge on any atom is 0.0886 e. The van der Waals surface area contributed by atoms with E-state index in [1.165, 1.54) is 0 Å². The van der Waals surface area contributed by atoms with Gasteiger partial charge in [0.1, 0.15) is 0 Å². The minimum absolute atomic E-state index is 0.922. The number of hydrogen-bond donors (Lipinski definition) is 0. The summed E-state index contributed by atoms with van der Waals surface area (Å²) in [7, 11) is 0. The molecular weight excluding hydrogens is 196 g/mol. The van der Waals surface area contributed by atoms with Crippen molar-refractivity contribution in [3.8, 4) is 0 Å². The first-order valence-corrected chi connectivity index (χ1v) is 5.30. The molecule has 0 heterocycles. The normalized spacial score (nSPS) is 10.9. The Hall–Kier alpha value is -1.96. The van der Waals surface area contributed by atoms with Gasteiger partial charge in [-0.15, -0.1) is 0 Å². The SMILES string of the molecule is Cc1ccccc1N=Nc1ccccc1C. The molecule has 2 aromatic carbocycles. The average molecular weight is 210 g/mol. The third-order valence-electron chi connectivity index (χ3n) is 2.50. The number of benzene rings is 2. The van der Waals surface area contributed by atoms with Gasteiger partial charge in [-0.25, -0.2) is 0 Å². The predicted molar refractivity (Wildman–Crippen MR) is 66.5 cm³/mol. The second-order valence-electron chi connectivity index (χ2n) is 3.77. The molecule has 2 aromatic rings. The molecular formula is C14H14N2. The third kappa shape index (κ3) is 2.34. The monoisotopic (exact) mass is 210 g/mol. The van der Waals surface area contributed by atoms with Crippen molar-refractivity contribution in [3.63, 3.8) is 0 Å². The molecule has 2 nitrogen and oxygen atoms in total. The van der Waals surface area contributed by atoms with Gasteiger partial charge in [0.15, 0.2) is 0 Å². The molecule has 80 valence electrons.